The van der Waals surface area contributed by atoms with E-state index in [1.807, 2.05) is 46.8 Å². The van der Waals surface area contributed by atoms with Crippen molar-refractivity contribution in [2.45, 2.75) is 195 Å². The summed E-state index contributed by atoms with van der Waals surface area (Å²) in [5.41, 5.74) is -0.933. The molecule has 4 fully saturated rings. The molecule has 0 amide bonds. The predicted octanol–water partition coefficient (Wildman–Crippen LogP) is 12.0. The second-order valence-corrected chi connectivity index (χ2v) is 23.6. The smallest absolute Gasteiger partial charge is 0.340 e. The largest absolute Gasteiger partial charge is 0.506 e. The number of carbonyl (C=O) groups excluding carboxylic acids is 3. The number of ether oxygens (including phenoxy) is 4. The average molecular weight is 977 g/mol. The monoisotopic (exact) mass is 977 g/mol. The number of benzene rings is 1. The Labute approximate surface area is 419 Å². The molecule has 9 rings (SSSR count). The summed E-state index contributed by atoms with van der Waals surface area (Å²) in [5, 5.41) is 32.4. The van der Waals surface area contributed by atoms with E-state index in [0.29, 0.717) is 66.1 Å². The number of fused-ring (bicyclic) bond motifs is 7. The van der Waals surface area contributed by atoms with E-state index in [2.05, 4.69) is 26.0 Å². The van der Waals surface area contributed by atoms with Gasteiger partial charge in [-0.2, -0.15) is 0 Å². The van der Waals surface area contributed by atoms with E-state index in [-0.39, 0.29) is 57.5 Å². The highest BCUT2D eigenvalue weighted by molar-refractivity contribution is 6.17. The fourth-order valence-electron chi connectivity index (χ4n) is 14.4. The zero-order valence-corrected chi connectivity index (χ0v) is 43.8. The summed E-state index contributed by atoms with van der Waals surface area (Å²) in [5.74, 6) is -1.20. The number of hydrogen-bond donors (Lipinski definition) is 3. The van der Waals surface area contributed by atoms with Crippen LogP contribution in [-0.4, -0.2) is 73.3 Å². The van der Waals surface area contributed by atoms with Gasteiger partial charge in [0.1, 0.15) is 40.3 Å². The number of aromatic hydroxyl groups is 1. The van der Waals surface area contributed by atoms with Crippen LogP contribution >= 0.6 is 0 Å². The molecule has 71 heavy (non-hydrogen) atoms. The van der Waals surface area contributed by atoms with Gasteiger partial charge in [-0.25, -0.2) is 9.59 Å². The summed E-state index contributed by atoms with van der Waals surface area (Å²) in [6, 6.07) is 0. The molecule has 1 aromatic carbocycles. The highest BCUT2D eigenvalue weighted by atomic mass is 16.6. The summed E-state index contributed by atoms with van der Waals surface area (Å²) < 4.78 is 25.7. The van der Waals surface area contributed by atoms with Crippen molar-refractivity contribution < 1.29 is 58.2 Å². The fraction of sp³-hybridized carbons (Fsp3) is 0.610. The molecule has 1 saturated heterocycles. The molecule has 3 N–H and O–H groups in total. The number of carboxylic acid groups (broad SMARTS) is 2. The molecule has 1 spiro atoms. The number of aliphatic carboxylic acids is 2. The Balaban J connectivity index is 0.000000234. The van der Waals surface area contributed by atoms with Gasteiger partial charge in [0.05, 0.1) is 11.2 Å². The van der Waals surface area contributed by atoms with Crippen LogP contribution in [0.25, 0.3) is 6.08 Å². The topological polar surface area (TPSA) is 183 Å². The van der Waals surface area contributed by atoms with Gasteiger partial charge in [-0.1, -0.05) is 60.9 Å². The van der Waals surface area contributed by atoms with E-state index in [0.717, 1.165) is 56.9 Å². The number of hydrogen-bond acceptors (Lipinski definition) is 10. The molecule has 3 aliphatic heterocycles. The molecule has 3 saturated carbocycles. The summed E-state index contributed by atoms with van der Waals surface area (Å²) in [6.45, 7) is 21.1. The minimum atomic E-state index is -2.16. The molecule has 10 unspecified atom stereocenters. The number of rotatable bonds is 10. The number of allylic oxidation sites excluding steroid dienone is 6. The van der Waals surface area contributed by atoms with Gasteiger partial charge in [0.15, 0.2) is 11.4 Å². The third kappa shape index (κ3) is 8.65. The van der Waals surface area contributed by atoms with Crippen LogP contribution in [0.2, 0.25) is 0 Å². The lowest BCUT2D eigenvalue weighted by atomic mass is 9.48. The molecule has 8 aliphatic rings. The SMILES string of the molecule is CC(=O)OC1CCC2(C)C(=CCC3C4CCC(=O)C4(C)CCC32)C1.CC(C)=CCCC1(C)C=Cc2c(O)c3c(c(CC=C(C)C)c2O1)OC12C(=CCCC1C(C)(C)OC2(CC=C(C)C(=O)O)C(=O)O)C3=O. The van der Waals surface area contributed by atoms with Crippen LogP contribution in [0.1, 0.15) is 181 Å². The summed E-state index contributed by atoms with van der Waals surface area (Å²) >= 11 is 0. The Morgan fingerprint density at radius 3 is 2.18 bits per heavy atom. The quantitative estimate of drug-likeness (QED) is 0.115. The Morgan fingerprint density at radius 2 is 1.52 bits per heavy atom. The molecule has 0 aromatic heterocycles. The van der Waals surface area contributed by atoms with Gasteiger partial charge in [0, 0.05) is 54.2 Å². The maximum absolute atomic E-state index is 14.7. The van der Waals surface area contributed by atoms with Crippen LogP contribution in [-0.2, 0) is 35.1 Å². The average Bonchev–Trinajstić information content (AvgIpc) is 3.70. The first-order valence-corrected chi connectivity index (χ1v) is 26.0. The fourth-order valence-corrected chi connectivity index (χ4v) is 14.4. The molecule has 12 nitrogen and oxygen atoms in total. The van der Waals surface area contributed by atoms with Gasteiger partial charge >= 0.3 is 17.9 Å². The van der Waals surface area contributed by atoms with Gasteiger partial charge in [-0.3, -0.25) is 14.4 Å². The highest BCUT2D eigenvalue weighted by Gasteiger charge is 2.77. The van der Waals surface area contributed by atoms with Crippen molar-refractivity contribution in [3.8, 4) is 17.2 Å². The van der Waals surface area contributed by atoms with Crippen molar-refractivity contribution >= 4 is 35.6 Å². The number of Topliss-reactive ketones (excluding diaryl/α,β-unsaturated/α-hetero) is 2. The molecule has 0 radical (unpaired) electrons. The minimum Gasteiger partial charge on any atom is -0.506 e. The zero-order valence-electron chi connectivity index (χ0n) is 43.8. The first-order valence-electron chi connectivity index (χ1n) is 26.0. The van der Waals surface area contributed by atoms with E-state index in [1.165, 1.54) is 37.5 Å². The molecular formula is C59H76O12. The first-order chi connectivity index (χ1) is 33.2. The highest BCUT2D eigenvalue weighted by Crippen LogP contribution is 2.66. The molecule has 384 valence electrons. The Bertz CT molecular complexity index is 2610. The summed E-state index contributed by atoms with van der Waals surface area (Å²) in [4.78, 5) is 63.8. The van der Waals surface area contributed by atoms with E-state index in [1.54, 1.807) is 26.0 Å². The van der Waals surface area contributed by atoms with Gasteiger partial charge in [0.2, 0.25) is 5.60 Å². The van der Waals surface area contributed by atoms with Crippen LogP contribution in [0.3, 0.4) is 0 Å². The maximum Gasteiger partial charge on any atom is 0.340 e. The second-order valence-electron chi connectivity index (χ2n) is 23.6. The lowest BCUT2D eigenvalue weighted by Gasteiger charge is -2.56. The van der Waals surface area contributed by atoms with Crippen molar-refractivity contribution in [1.29, 1.82) is 0 Å². The van der Waals surface area contributed by atoms with Crippen molar-refractivity contribution in [1.82, 2.24) is 0 Å². The summed E-state index contributed by atoms with van der Waals surface area (Å²) in [7, 11) is 0. The van der Waals surface area contributed by atoms with E-state index >= 15 is 0 Å². The molecule has 12 heteroatoms. The van der Waals surface area contributed by atoms with Crippen LogP contribution in [0.4, 0.5) is 0 Å². The number of phenolic OH excluding ortho intramolecular Hbond substituents is 1. The van der Waals surface area contributed by atoms with Crippen molar-refractivity contribution in [3.63, 3.8) is 0 Å². The molecule has 3 heterocycles. The number of carbonyl (C=O) groups is 5. The molecule has 5 aliphatic carbocycles. The minimum absolute atomic E-state index is 0.0407. The molecular weight excluding hydrogens is 901 g/mol. The number of carboxylic acids is 2. The number of ketones is 2. The van der Waals surface area contributed by atoms with Crippen molar-refractivity contribution in [2.24, 2.45) is 34.5 Å². The third-order valence-corrected chi connectivity index (χ3v) is 18.1. The van der Waals surface area contributed by atoms with Gasteiger partial charge in [-0.15, -0.1) is 0 Å². The number of esters is 1. The van der Waals surface area contributed by atoms with Crippen LogP contribution < -0.4 is 9.47 Å². The van der Waals surface area contributed by atoms with E-state index in [9.17, 15) is 39.3 Å². The van der Waals surface area contributed by atoms with E-state index < -0.39 is 46.0 Å². The first kappa shape index (κ1) is 52.1. The lowest BCUT2D eigenvalue weighted by molar-refractivity contribution is -0.184. The second kappa shape index (κ2) is 18.7. The molecule has 0 bridgehead atoms. The Morgan fingerprint density at radius 1 is 0.831 bits per heavy atom. The zero-order chi connectivity index (χ0) is 51.8. The van der Waals surface area contributed by atoms with Crippen LogP contribution in [0.5, 0.6) is 17.2 Å². The standard InChI is InChI=1S/C38H46O9.C21H30O3/c1-21(2)11-10-18-36(8)19-17-24-29(39)28-30(40)26-12-9-13-27-35(6,7)47-37(34(43)44,20-16-23(5)33(41)42)38(26,27)46-32(28)25(31(24)45-36)15-14-22(3)4;1-13(22)24-15-8-10-20(2)14(12-15)4-5-16-17-6-7-19(23)21(17,3)11-9-18(16)20/h11-12,14,16-17,19,27,39H,9-10,13,15,18,20H2,1-8H3,(H,41,42)(H,43,44);4,15-18H,5-12H2,1-3H3. The normalized spacial score (nSPS) is 34.8. The third-order valence-electron chi connectivity index (χ3n) is 18.1. The lowest BCUT2D eigenvalue weighted by Crippen LogP contribution is -2.66. The molecule has 10 atom stereocenters. The van der Waals surface area contributed by atoms with Crippen LogP contribution in [0, 0.1) is 34.5 Å². The predicted molar refractivity (Wildman–Crippen MR) is 270 cm³/mol. The van der Waals surface area contributed by atoms with E-state index in [4.69, 9.17) is 18.9 Å². The summed E-state index contributed by atoms with van der Waals surface area (Å²) in [6.07, 6.45) is 24.0. The number of phenols is 1. The van der Waals surface area contributed by atoms with Gasteiger partial charge in [0.25, 0.3) is 0 Å². The van der Waals surface area contributed by atoms with Crippen molar-refractivity contribution in [3.05, 3.63) is 81.0 Å². The van der Waals surface area contributed by atoms with Crippen molar-refractivity contribution in [2.75, 3.05) is 0 Å². The van der Waals surface area contributed by atoms with Gasteiger partial charge in [-0.05, 0) is 161 Å². The Kier molecular flexibility index (Phi) is 13.7. The van der Waals surface area contributed by atoms with Gasteiger partial charge < -0.3 is 34.3 Å². The molecule has 1 aromatic rings. The Hall–Kier alpha value is -5.23. The maximum atomic E-state index is 14.7. The van der Waals surface area contributed by atoms with Crippen LogP contribution in [0.15, 0.2) is 64.3 Å².